The van der Waals surface area contributed by atoms with Crippen molar-refractivity contribution in [3.8, 4) is 0 Å². The quantitative estimate of drug-likeness (QED) is 0.0469. The Bertz CT molecular complexity index is 2010. The molecule has 0 aliphatic carbocycles. The third-order valence-electron chi connectivity index (χ3n) is 11.1. The van der Waals surface area contributed by atoms with Crippen molar-refractivity contribution in [1.29, 1.82) is 0 Å². The van der Waals surface area contributed by atoms with Gasteiger partial charge in [-0.25, -0.2) is 4.79 Å². The van der Waals surface area contributed by atoms with Gasteiger partial charge in [-0.15, -0.1) is 0 Å². The number of ether oxygens (including phenoxy) is 1. The van der Waals surface area contributed by atoms with Crippen molar-refractivity contribution in [1.82, 2.24) is 10.6 Å². The zero-order chi connectivity index (χ0) is 43.2. The van der Waals surface area contributed by atoms with Crippen molar-refractivity contribution in [3.05, 3.63) is 82.9 Å². The number of carbonyl (C=O) groups excluding carboxylic acids is 5. The van der Waals surface area contributed by atoms with Crippen LogP contribution in [0.3, 0.4) is 0 Å². The molecule has 3 aromatic carbocycles. The molecule has 4 atom stereocenters. The molecule has 2 unspecified atom stereocenters. The fourth-order valence-corrected chi connectivity index (χ4v) is 10.1. The number of hydrogen-bond acceptors (Lipinski definition) is 11. The first-order valence-electron chi connectivity index (χ1n) is 20.3. The third kappa shape index (κ3) is 9.91. The second-order valence-electron chi connectivity index (χ2n) is 15.8. The summed E-state index contributed by atoms with van der Waals surface area (Å²) in [5, 5.41) is 26.1. The van der Waals surface area contributed by atoms with E-state index in [9.17, 15) is 39.1 Å². The van der Waals surface area contributed by atoms with E-state index >= 15 is 4.57 Å². The normalized spacial score (nSPS) is 19.8. The molecule has 2 amide bonds. The highest BCUT2D eigenvalue weighted by molar-refractivity contribution is 7.73. The highest BCUT2D eigenvalue weighted by Gasteiger charge is 2.56. The van der Waals surface area contributed by atoms with Crippen LogP contribution in [0.25, 0.3) is 0 Å². The Labute approximate surface area is 345 Å². The van der Waals surface area contributed by atoms with E-state index in [1.54, 1.807) is 48.5 Å². The molecule has 318 valence electrons. The molecule has 0 aromatic heterocycles. The molecule has 0 bridgehead atoms. The van der Waals surface area contributed by atoms with Gasteiger partial charge in [0.25, 0.3) is 7.37 Å². The van der Waals surface area contributed by atoms with Gasteiger partial charge in [-0.1, -0.05) is 56.0 Å². The highest BCUT2D eigenvalue weighted by atomic mass is 31.2. The number of rotatable bonds is 20. The van der Waals surface area contributed by atoms with E-state index in [4.69, 9.17) is 4.74 Å². The molecule has 0 radical (unpaired) electrons. The lowest BCUT2D eigenvalue weighted by atomic mass is 9.79. The van der Waals surface area contributed by atoms with Crippen molar-refractivity contribution >= 4 is 58.7 Å². The molecule has 59 heavy (non-hydrogen) atoms. The summed E-state index contributed by atoms with van der Waals surface area (Å²) >= 11 is 0. The number of aliphatic hydroxyl groups is 2. The summed E-state index contributed by atoms with van der Waals surface area (Å²) in [6.07, 6.45) is 3.67. The minimum atomic E-state index is -4.56. The SMILES string of the molecule is CC(=O)CCCCC[C@H](NC(C)O)C(=O)N(C)c1ccc2c(c1)P(=O)(O)c1cc(N(C)C(=O)[C@H](CCCCCC(C)=O)NC(C)O)ccc1C21OC(=O)c2ccccc21. The average molecular weight is 833 g/mol. The summed E-state index contributed by atoms with van der Waals surface area (Å²) in [5.41, 5.74) is 0.205. The molecule has 14 nitrogen and oxygen atoms in total. The molecule has 1 spiro atoms. The van der Waals surface area contributed by atoms with E-state index < -0.39 is 55.3 Å². The number of nitrogens with zero attached hydrogens (tertiary/aromatic N) is 2. The van der Waals surface area contributed by atoms with Crippen LogP contribution in [0.1, 0.15) is 119 Å². The van der Waals surface area contributed by atoms with Crippen LogP contribution >= 0.6 is 7.37 Å². The molecule has 5 N–H and O–H groups in total. The number of carbonyl (C=O) groups is 5. The van der Waals surface area contributed by atoms with Crippen LogP contribution in [0.15, 0.2) is 60.7 Å². The number of benzene rings is 3. The Morgan fingerprint density at radius 2 is 1.14 bits per heavy atom. The van der Waals surface area contributed by atoms with Crippen LogP contribution in [0.2, 0.25) is 0 Å². The molecule has 5 rings (SSSR count). The molecule has 2 aliphatic heterocycles. The molecule has 2 heterocycles. The van der Waals surface area contributed by atoms with Crippen molar-refractivity contribution in [2.45, 2.75) is 122 Å². The number of likely N-dealkylation sites (N-methyl/N-ethyl adjacent to an activating group) is 2. The Kier molecular flexibility index (Phi) is 14.8. The first-order valence-corrected chi connectivity index (χ1v) is 21.9. The molecule has 0 fully saturated rings. The molecule has 3 aromatic rings. The van der Waals surface area contributed by atoms with E-state index in [2.05, 4.69) is 10.6 Å². The maximum Gasteiger partial charge on any atom is 0.340 e. The number of Topliss-reactive ketones (excluding diaryl/α,β-unsaturated/α-hetero) is 2. The fourth-order valence-electron chi connectivity index (χ4n) is 8.11. The standard InChI is InChI=1S/C44H57N4O10P/c1-27(49)15-9-7-11-19-37(45-29(3)51)41(53)47(5)31-21-23-35-39(25-31)59(56,57)40-26-32(22-24-36(40)44(35)34-18-14-13-17-33(34)43(55)58-44)48(6)42(54)38(46-30(4)52)20-12-8-10-16-28(2)50/h13-14,17-18,21-26,29-30,37-38,45-46,51-52H,7-12,15-16,19-20H2,1-6H3,(H,56,57)/t29?,30?,37-,38-,44?/m0/s1. The maximum atomic E-state index is 15.0. The third-order valence-corrected chi connectivity index (χ3v) is 13.2. The molecular formula is C44H57N4O10P. The van der Waals surface area contributed by atoms with Gasteiger partial charge in [0, 0.05) is 55.0 Å². The summed E-state index contributed by atoms with van der Waals surface area (Å²) in [5.74, 6) is -1.22. The number of fused-ring (bicyclic) bond motifs is 6. The lowest BCUT2D eigenvalue weighted by molar-refractivity contribution is -0.122. The van der Waals surface area contributed by atoms with Gasteiger partial charge in [-0.05, 0) is 83.7 Å². The van der Waals surface area contributed by atoms with E-state index in [1.165, 1.54) is 63.7 Å². The summed E-state index contributed by atoms with van der Waals surface area (Å²) in [6, 6.07) is 14.6. The van der Waals surface area contributed by atoms with Gasteiger partial charge in [0.1, 0.15) is 24.0 Å². The van der Waals surface area contributed by atoms with Gasteiger partial charge in [0.15, 0.2) is 5.60 Å². The second-order valence-corrected chi connectivity index (χ2v) is 17.9. The zero-order valence-corrected chi connectivity index (χ0v) is 35.6. The smallest absolute Gasteiger partial charge is 0.340 e. The second kappa shape index (κ2) is 19.2. The van der Waals surface area contributed by atoms with E-state index in [0.717, 1.165) is 0 Å². The Balaban J connectivity index is 1.54. The van der Waals surface area contributed by atoms with Crippen LogP contribution in [-0.4, -0.2) is 83.1 Å². The van der Waals surface area contributed by atoms with Gasteiger partial charge in [-0.3, -0.25) is 24.8 Å². The topological polar surface area (TPSA) is 203 Å². The van der Waals surface area contributed by atoms with Gasteiger partial charge in [0.2, 0.25) is 11.8 Å². The number of unbranched alkanes of at least 4 members (excludes halogenated alkanes) is 4. The van der Waals surface area contributed by atoms with Gasteiger partial charge in [-0.2, -0.15) is 0 Å². The monoisotopic (exact) mass is 832 g/mol. The number of amides is 2. The Hall–Kier alpha value is -4.56. The minimum Gasteiger partial charge on any atom is -0.441 e. The first-order chi connectivity index (χ1) is 27.9. The van der Waals surface area contributed by atoms with Crippen molar-refractivity contribution in [3.63, 3.8) is 0 Å². The number of esters is 1. The van der Waals surface area contributed by atoms with E-state index in [0.29, 0.717) is 69.8 Å². The molecule has 2 aliphatic rings. The summed E-state index contributed by atoms with van der Waals surface area (Å²) < 4.78 is 21.3. The Morgan fingerprint density at radius 3 is 1.56 bits per heavy atom. The largest absolute Gasteiger partial charge is 0.441 e. The van der Waals surface area contributed by atoms with Gasteiger partial charge < -0.3 is 39.2 Å². The first kappa shape index (κ1) is 45.5. The van der Waals surface area contributed by atoms with Crippen molar-refractivity contribution in [2.75, 3.05) is 23.9 Å². The lowest BCUT2D eigenvalue weighted by Crippen LogP contribution is -2.49. The number of nitrogens with one attached hydrogen (secondary N) is 2. The maximum absolute atomic E-state index is 15.0. The van der Waals surface area contributed by atoms with Gasteiger partial charge >= 0.3 is 5.97 Å². The summed E-state index contributed by atoms with van der Waals surface area (Å²) in [7, 11) is -1.49. The fraction of sp³-hybridized carbons (Fsp3) is 0.477. The minimum absolute atomic E-state index is 0.0544. The number of ketones is 2. The highest BCUT2D eigenvalue weighted by Crippen LogP contribution is 2.56. The molecule has 15 heteroatoms. The summed E-state index contributed by atoms with van der Waals surface area (Å²) in [6.45, 7) is 6.09. The summed E-state index contributed by atoms with van der Waals surface area (Å²) in [4.78, 5) is 79.3. The lowest BCUT2D eigenvalue weighted by Gasteiger charge is -2.39. The van der Waals surface area contributed by atoms with E-state index in [-0.39, 0.29) is 50.2 Å². The zero-order valence-electron chi connectivity index (χ0n) is 34.7. The van der Waals surface area contributed by atoms with Gasteiger partial charge in [0.05, 0.1) is 28.3 Å². The molecule has 0 saturated heterocycles. The van der Waals surface area contributed by atoms with Crippen LogP contribution < -0.4 is 31.0 Å². The number of hydrogen-bond donors (Lipinski definition) is 5. The Morgan fingerprint density at radius 1 is 0.695 bits per heavy atom. The number of aliphatic hydroxyl groups excluding tert-OH is 2. The number of anilines is 2. The average Bonchev–Trinajstić information content (AvgIpc) is 3.49. The van der Waals surface area contributed by atoms with Crippen molar-refractivity contribution < 1.29 is 48.4 Å². The van der Waals surface area contributed by atoms with Crippen LogP contribution in [-0.2, 0) is 34.1 Å². The van der Waals surface area contributed by atoms with Crippen LogP contribution in [0, 0.1) is 0 Å². The van der Waals surface area contributed by atoms with Crippen LogP contribution in [0.5, 0.6) is 0 Å². The van der Waals surface area contributed by atoms with Crippen molar-refractivity contribution in [2.24, 2.45) is 0 Å². The molecule has 0 saturated carbocycles. The van der Waals surface area contributed by atoms with E-state index in [1.807, 2.05) is 0 Å². The predicted molar refractivity (Wildman–Crippen MR) is 225 cm³/mol. The molecular weight excluding hydrogens is 775 g/mol. The predicted octanol–water partition coefficient (Wildman–Crippen LogP) is 4.28. The van der Waals surface area contributed by atoms with Crippen LogP contribution in [0.4, 0.5) is 11.4 Å².